The highest BCUT2D eigenvalue weighted by atomic mass is 32.2. The molecule has 7 heteroatoms. The molecule has 2 rings (SSSR count). The normalized spacial score (nSPS) is 17.1. The van der Waals surface area contributed by atoms with Crippen LogP contribution in [0.4, 0.5) is 10.4 Å². The molecule has 1 heterocycles. The first-order valence-corrected chi connectivity index (χ1v) is 7.09. The average molecular weight is 287 g/mol. The van der Waals surface area contributed by atoms with Gasteiger partial charge in [-0.15, -0.1) is 0 Å². The third-order valence-corrected chi connectivity index (χ3v) is 4.34. The van der Waals surface area contributed by atoms with Crippen LogP contribution in [0.2, 0.25) is 0 Å². The van der Waals surface area contributed by atoms with Crippen LogP contribution in [0.15, 0.2) is 41.0 Å². The van der Waals surface area contributed by atoms with Gasteiger partial charge in [0.2, 0.25) is 0 Å². The van der Waals surface area contributed by atoms with Crippen molar-refractivity contribution in [1.29, 1.82) is 0 Å². The van der Waals surface area contributed by atoms with Gasteiger partial charge in [0.25, 0.3) is 5.91 Å². The minimum Gasteiger partial charge on any atom is -0.496 e. The molecule has 1 N–H and O–H groups in total. The van der Waals surface area contributed by atoms with E-state index >= 15 is 0 Å². The lowest BCUT2D eigenvalue weighted by atomic mass is 10.3. The predicted octanol–water partition coefficient (Wildman–Crippen LogP) is 1.45. The summed E-state index contributed by atoms with van der Waals surface area (Å²) in [7, 11) is -3.55. The molecule has 0 bridgehead atoms. The Kier molecular flexibility index (Phi) is 4.66. The van der Waals surface area contributed by atoms with Crippen LogP contribution in [0.5, 0.6) is 0 Å². The fraction of sp³-hybridized carbons (Fsp3) is 0.250. The number of carbonyl (C=O) groups excluding carboxylic acids is 1. The van der Waals surface area contributed by atoms with Gasteiger partial charge in [0.05, 0.1) is 5.75 Å². The van der Waals surface area contributed by atoms with E-state index in [1.807, 2.05) is 0 Å². The molecule has 19 heavy (non-hydrogen) atoms. The first-order chi connectivity index (χ1) is 8.50. The first kappa shape index (κ1) is 15.2. The Labute approximate surface area is 110 Å². The van der Waals surface area contributed by atoms with Gasteiger partial charge in [-0.2, -0.15) is 0 Å². The topological polar surface area (TPSA) is 72.5 Å². The number of rotatable bonds is 2. The standard InChI is InChI=1S/C12H13NO4S.FH/c1-9-11(18(15,16)8-7-17-9)12(14)13-10-5-3-2-4-6-10;/h2-6H,7-8H2,1H3,(H,13,14);1H. The van der Waals surface area contributed by atoms with E-state index in [1.54, 1.807) is 30.3 Å². The van der Waals surface area contributed by atoms with Gasteiger partial charge < -0.3 is 10.1 Å². The Morgan fingerprint density at radius 2 is 1.89 bits per heavy atom. The molecular formula is C12H14FNO4S. The highest BCUT2D eigenvalue weighted by Crippen LogP contribution is 2.21. The smallest absolute Gasteiger partial charge is 0.270 e. The number of benzene rings is 1. The highest BCUT2D eigenvalue weighted by Gasteiger charge is 2.31. The number of para-hydroxylation sites is 1. The van der Waals surface area contributed by atoms with E-state index in [9.17, 15) is 13.2 Å². The van der Waals surface area contributed by atoms with E-state index < -0.39 is 15.7 Å². The fourth-order valence-electron chi connectivity index (χ4n) is 1.70. The molecule has 0 unspecified atom stereocenters. The van der Waals surface area contributed by atoms with Crippen molar-refractivity contribution in [2.45, 2.75) is 6.92 Å². The maximum absolute atomic E-state index is 12.0. The molecule has 0 saturated carbocycles. The second kappa shape index (κ2) is 5.83. The number of anilines is 1. The SMILES string of the molecule is CC1=C(C(=O)Nc2ccccc2)S(=O)(=O)CCO1.F. The molecule has 0 aliphatic carbocycles. The number of hydrogen-bond acceptors (Lipinski definition) is 4. The number of hydrogen-bond donors (Lipinski definition) is 1. The zero-order valence-corrected chi connectivity index (χ0v) is 11.1. The Morgan fingerprint density at radius 3 is 2.47 bits per heavy atom. The molecule has 0 aromatic heterocycles. The van der Waals surface area contributed by atoms with Crippen LogP contribution in [0.25, 0.3) is 0 Å². The van der Waals surface area contributed by atoms with Crippen LogP contribution in [0.1, 0.15) is 6.92 Å². The summed E-state index contributed by atoms with van der Waals surface area (Å²) in [5, 5.41) is 2.54. The van der Waals surface area contributed by atoms with E-state index in [4.69, 9.17) is 4.74 Å². The van der Waals surface area contributed by atoms with Gasteiger partial charge in [-0.05, 0) is 19.1 Å². The molecule has 0 atom stereocenters. The maximum atomic E-state index is 12.0. The van der Waals surface area contributed by atoms with E-state index in [2.05, 4.69) is 5.32 Å². The van der Waals surface area contributed by atoms with Crippen molar-refractivity contribution in [2.75, 3.05) is 17.7 Å². The zero-order valence-electron chi connectivity index (χ0n) is 10.3. The Bertz CT molecular complexity index is 595. The third kappa shape index (κ3) is 3.31. The van der Waals surface area contributed by atoms with Crippen molar-refractivity contribution in [1.82, 2.24) is 0 Å². The molecule has 1 aromatic rings. The van der Waals surface area contributed by atoms with E-state index in [0.29, 0.717) is 5.69 Å². The number of sulfone groups is 1. The van der Waals surface area contributed by atoms with Crippen LogP contribution < -0.4 is 5.32 Å². The Hall–Kier alpha value is -1.89. The molecule has 1 aromatic carbocycles. The van der Waals surface area contributed by atoms with Crippen molar-refractivity contribution >= 4 is 21.4 Å². The molecule has 0 radical (unpaired) electrons. The molecule has 0 fully saturated rings. The number of nitrogens with one attached hydrogen (secondary N) is 1. The molecule has 1 amide bonds. The van der Waals surface area contributed by atoms with Crippen molar-refractivity contribution < 1.29 is 22.7 Å². The summed E-state index contributed by atoms with van der Waals surface area (Å²) >= 11 is 0. The predicted molar refractivity (Wildman–Crippen MR) is 70.0 cm³/mol. The second-order valence-electron chi connectivity index (χ2n) is 3.87. The van der Waals surface area contributed by atoms with Crippen LogP contribution in [-0.2, 0) is 19.4 Å². The van der Waals surface area contributed by atoms with Gasteiger partial charge in [0.1, 0.15) is 12.4 Å². The largest absolute Gasteiger partial charge is 0.496 e. The van der Waals surface area contributed by atoms with E-state index in [1.165, 1.54) is 6.92 Å². The quantitative estimate of drug-likeness (QED) is 0.893. The third-order valence-electron chi connectivity index (χ3n) is 2.54. The monoisotopic (exact) mass is 287 g/mol. The number of ether oxygens (including phenoxy) is 1. The van der Waals surface area contributed by atoms with E-state index in [-0.39, 0.29) is 27.7 Å². The number of allylic oxidation sites excluding steroid dienone is 1. The Balaban J connectivity index is 0.00000180. The minimum absolute atomic E-state index is 0. The number of amides is 1. The van der Waals surface area contributed by atoms with Crippen molar-refractivity contribution in [3.8, 4) is 0 Å². The summed E-state index contributed by atoms with van der Waals surface area (Å²) in [6.45, 7) is 1.58. The van der Waals surface area contributed by atoms with Crippen LogP contribution in [-0.4, -0.2) is 26.7 Å². The van der Waals surface area contributed by atoms with Gasteiger partial charge in [-0.3, -0.25) is 9.50 Å². The molecule has 1 aliphatic heterocycles. The van der Waals surface area contributed by atoms with Gasteiger partial charge in [0.15, 0.2) is 14.7 Å². The zero-order chi connectivity index (χ0) is 13.2. The summed E-state index contributed by atoms with van der Waals surface area (Å²) in [6.07, 6.45) is 0. The molecular weight excluding hydrogens is 273 g/mol. The molecule has 1 aliphatic rings. The van der Waals surface area contributed by atoms with Crippen LogP contribution >= 0.6 is 0 Å². The van der Waals surface area contributed by atoms with Gasteiger partial charge in [-0.1, -0.05) is 18.2 Å². The average Bonchev–Trinajstić information content (AvgIpc) is 2.28. The molecule has 0 spiro atoms. The lowest BCUT2D eigenvalue weighted by Gasteiger charge is -2.18. The van der Waals surface area contributed by atoms with Gasteiger partial charge in [-0.25, -0.2) is 8.42 Å². The van der Waals surface area contributed by atoms with Gasteiger partial charge in [0, 0.05) is 5.69 Å². The molecule has 0 saturated heterocycles. The number of carbonyl (C=O) groups is 1. The summed E-state index contributed by atoms with van der Waals surface area (Å²) in [5.74, 6) is -0.671. The summed E-state index contributed by atoms with van der Waals surface area (Å²) in [4.78, 5) is 11.7. The highest BCUT2D eigenvalue weighted by molar-refractivity contribution is 7.96. The Morgan fingerprint density at radius 1 is 1.26 bits per heavy atom. The second-order valence-corrected chi connectivity index (χ2v) is 5.92. The first-order valence-electron chi connectivity index (χ1n) is 5.43. The van der Waals surface area contributed by atoms with Crippen molar-refractivity contribution in [2.24, 2.45) is 0 Å². The van der Waals surface area contributed by atoms with E-state index in [0.717, 1.165) is 0 Å². The van der Waals surface area contributed by atoms with Crippen LogP contribution in [0, 0.1) is 0 Å². The van der Waals surface area contributed by atoms with Gasteiger partial charge >= 0.3 is 0 Å². The van der Waals surface area contributed by atoms with Crippen LogP contribution in [0.3, 0.4) is 0 Å². The molecule has 104 valence electrons. The summed E-state index contributed by atoms with van der Waals surface area (Å²) in [6, 6.07) is 8.68. The summed E-state index contributed by atoms with van der Waals surface area (Å²) < 4.78 is 28.8. The molecule has 5 nitrogen and oxygen atoms in total. The summed E-state index contributed by atoms with van der Waals surface area (Å²) in [5.41, 5.74) is 0.545. The number of halogens is 1. The fourth-order valence-corrected chi connectivity index (χ4v) is 3.04. The lowest BCUT2D eigenvalue weighted by molar-refractivity contribution is -0.112. The van der Waals surface area contributed by atoms with Crippen molar-refractivity contribution in [3.05, 3.63) is 41.0 Å². The minimum atomic E-state index is -3.55. The maximum Gasteiger partial charge on any atom is 0.270 e. The van der Waals surface area contributed by atoms with Crippen molar-refractivity contribution in [3.63, 3.8) is 0 Å². The lowest BCUT2D eigenvalue weighted by Crippen LogP contribution is -2.29.